The molecule has 0 unspecified atom stereocenters. The van der Waals surface area contributed by atoms with E-state index in [1.807, 2.05) is 0 Å². The molecule has 0 amide bonds. The molecule has 5 heteroatoms. The zero-order valence-corrected chi connectivity index (χ0v) is 10.7. The van der Waals surface area contributed by atoms with Crippen molar-refractivity contribution in [2.45, 2.75) is 44.7 Å². The number of nitrogens with one attached hydrogen (secondary N) is 3. The van der Waals surface area contributed by atoms with Gasteiger partial charge in [0.2, 0.25) is 0 Å². The summed E-state index contributed by atoms with van der Waals surface area (Å²) in [5.74, 6) is 1.00. The Kier molecular flexibility index (Phi) is 3.11. The second-order valence-corrected chi connectivity index (χ2v) is 5.29. The highest BCUT2D eigenvalue weighted by Gasteiger charge is 2.19. The average molecular weight is 250 g/mol. The van der Waals surface area contributed by atoms with Crippen LogP contribution in [0.4, 0.5) is 5.82 Å². The van der Waals surface area contributed by atoms with E-state index in [1.54, 1.807) is 0 Å². The summed E-state index contributed by atoms with van der Waals surface area (Å²) in [5, 5.41) is 6.96. The Morgan fingerprint density at radius 3 is 2.94 bits per heavy atom. The van der Waals surface area contributed by atoms with E-state index in [1.165, 1.54) is 36.9 Å². The third-order valence-electron chi connectivity index (χ3n) is 3.67. The summed E-state index contributed by atoms with van der Waals surface area (Å²) in [6.07, 6.45) is 6.20. The molecule has 0 radical (unpaired) electrons. The van der Waals surface area contributed by atoms with Crippen molar-refractivity contribution in [2.75, 3.05) is 11.9 Å². The summed E-state index contributed by atoms with van der Waals surface area (Å²) in [5.41, 5.74) is 2.53. The molecule has 0 spiro atoms. The maximum atomic E-state index is 5.20. The molecule has 0 atom stereocenters. The van der Waals surface area contributed by atoms with Crippen LogP contribution in [0.1, 0.15) is 36.9 Å². The molecule has 1 aliphatic carbocycles. The Morgan fingerprint density at radius 1 is 1.29 bits per heavy atom. The van der Waals surface area contributed by atoms with Crippen LogP contribution in [0.25, 0.3) is 0 Å². The van der Waals surface area contributed by atoms with Gasteiger partial charge in [0.15, 0.2) is 4.77 Å². The first kappa shape index (κ1) is 11.2. The molecule has 92 valence electrons. The fourth-order valence-corrected chi connectivity index (χ4v) is 2.97. The second kappa shape index (κ2) is 4.74. The molecule has 1 aliphatic heterocycles. The van der Waals surface area contributed by atoms with Gasteiger partial charge in [0.1, 0.15) is 5.82 Å². The fraction of sp³-hybridized carbons (Fsp3) is 0.667. The van der Waals surface area contributed by atoms with Crippen LogP contribution in [0.5, 0.6) is 0 Å². The Bertz CT molecular complexity index is 462. The molecule has 1 aromatic heterocycles. The standard InChI is InChI=1S/C12H18N4S/c17-12-15-10-5-6-13-7-9(10)11(16-12)14-8-3-1-2-4-8/h8,13H,1-7H2,(H2,14,15,16,17). The lowest BCUT2D eigenvalue weighted by Crippen LogP contribution is -2.28. The quantitative estimate of drug-likeness (QED) is 0.704. The molecular weight excluding hydrogens is 232 g/mol. The number of aromatic amines is 1. The Labute approximate surface area is 106 Å². The van der Waals surface area contributed by atoms with Gasteiger partial charge in [-0.2, -0.15) is 0 Å². The third kappa shape index (κ3) is 2.35. The highest BCUT2D eigenvalue weighted by atomic mass is 32.1. The van der Waals surface area contributed by atoms with Crippen LogP contribution in [-0.2, 0) is 13.0 Å². The lowest BCUT2D eigenvalue weighted by molar-refractivity contribution is 0.622. The predicted molar refractivity (Wildman–Crippen MR) is 70.7 cm³/mol. The average Bonchev–Trinajstić information content (AvgIpc) is 2.81. The molecule has 0 aromatic carbocycles. The predicted octanol–water partition coefficient (Wildman–Crippen LogP) is 2.14. The van der Waals surface area contributed by atoms with E-state index in [2.05, 4.69) is 20.6 Å². The smallest absolute Gasteiger partial charge is 0.198 e. The number of rotatable bonds is 2. The SMILES string of the molecule is S=c1nc(NC2CCCC2)c2c([nH]1)CCNC2. The molecule has 17 heavy (non-hydrogen) atoms. The molecule has 1 fully saturated rings. The van der Waals surface area contributed by atoms with E-state index >= 15 is 0 Å². The van der Waals surface area contributed by atoms with Crippen LogP contribution in [0.2, 0.25) is 0 Å². The zero-order chi connectivity index (χ0) is 11.7. The van der Waals surface area contributed by atoms with E-state index in [4.69, 9.17) is 12.2 Å². The first-order chi connectivity index (χ1) is 8.33. The zero-order valence-electron chi connectivity index (χ0n) is 9.88. The molecular formula is C12H18N4S. The number of hydrogen-bond donors (Lipinski definition) is 3. The van der Waals surface area contributed by atoms with Crippen LogP contribution in [0, 0.1) is 4.77 Å². The van der Waals surface area contributed by atoms with E-state index in [9.17, 15) is 0 Å². The number of fused-ring (bicyclic) bond motifs is 1. The topological polar surface area (TPSA) is 52.7 Å². The van der Waals surface area contributed by atoms with Crippen LogP contribution in [0.3, 0.4) is 0 Å². The monoisotopic (exact) mass is 250 g/mol. The molecule has 4 nitrogen and oxygen atoms in total. The van der Waals surface area contributed by atoms with Crippen LogP contribution < -0.4 is 10.6 Å². The van der Waals surface area contributed by atoms with Crippen molar-refractivity contribution in [3.05, 3.63) is 16.0 Å². The second-order valence-electron chi connectivity index (χ2n) is 4.90. The number of hydrogen-bond acceptors (Lipinski definition) is 4. The normalized spacial score (nSPS) is 20.2. The highest BCUT2D eigenvalue weighted by Crippen LogP contribution is 2.25. The number of nitrogens with zero attached hydrogens (tertiary/aromatic N) is 1. The van der Waals surface area contributed by atoms with Gasteiger partial charge in [-0.3, -0.25) is 0 Å². The number of H-pyrrole nitrogens is 1. The van der Waals surface area contributed by atoms with Gasteiger partial charge in [0.25, 0.3) is 0 Å². The first-order valence-corrected chi connectivity index (χ1v) is 6.83. The van der Waals surface area contributed by atoms with Gasteiger partial charge >= 0.3 is 0 Å². The first-order valence-electron chi connectivity index (χ1n) is 6.42. The van der Waals surface area contributed by atoms with Gasteiger partial charge in [0.05, 0.1) is 0 Å². The van der Waals surface area contributed by atoms with Crippen molar-refractivity contribution in [1.82, 2.24) is 15.3 Å². The lowest BCUT2D eigenvalue weighted by atomic mass is 10.1. The fourth-order valence-electron chi connectivity index (χ4n) is 2.76. The summed E-state index contributed by atoms with van der Waals surface area (Å²) in [6, 6.07) is 0.588. The van der Waals surface area contributed by atoms with Crippen molar-refractivity contribution in [1.29, 1.82) is 0 Å². The Balaban J connectivity index is 1.91. The molecule has 0 saturated heterocycles. The number of aromatic nitrogens is 2. The summed E-state index contributed by atoms with van der Waals surface area (Å²) >= 11 is 5.20. The van der Waals surface area contributed by atoms with Crippen molar-refractivity contribution in [3.8, 4) is 0 Å². The minimum atomic E-state index is 0.588. The number of anilines is 1. The molecule has 2 aliphatic rings. The van der Waals surface area contributed by atoms with Gasteiger partial charge in [-0.05, 0) is 25.1 Å². The molecule has 3 rings (SSSR count). The van der Waals surface area contributed by atoms with Gasteiger partial charge in [-0.1, -0.05) is 12.8 Å². The summed E-state index contributed by atoms with van der Waals surface area (Å²) in [7, 11) is 0. The molecule has 0 bridgehead atoms. The van der Waals surface area contributed by atoms with Crippen molar-refractivity contribution >= 4 is 18.0 Å². The van der Waals surface area contributed by atoms with Crippen LogP contribution >= 0.6 is 12.2 Å². The molecule has 2 heterocycles. The minimum Gasteiger partial charge on any atom is -0.367 e. The Hall–Kier alpha value is -0.940. The van der Waals surface area contributed by atoms with E-state index in [-0.39, 0.29) is 0 Å². The minimum absolute atomic E-state index is 0.588. The van der Waals surface area contributed by atoms with Gasteiger partial charge < -0.3 is 15.6 Å². The van der Waals surface area contributed by atoms with Crippen LogP contribution in [0.15, 0.2) is 0 Å². The Morgan fingerprint density at radius 2 is 2.12 bits per heavy atom. The van der Waals surface area contributed by atoms with Crippen molar-refractivity contribution in [3.63, 3.8) is 0 Å². The summed E-state index contributed by atoms with van der Waals surface area (Å²) in [4.78, 5) is 7.67. The highest BCUT2D eigenvalue weighted by molar-refractivity contribution is 7.71. The van der Waals surface area contributed by atoms with Crippen LogP contribution in [-0.4, -0.2) is 22.6 Å². The largest absolute Gasteiger partial charge is 0.367 e. The molecule has 3 N–H and O–H groups in total. The summed E-state index contributed by atoms with van der Waals surface area (Å²) < 4.78 is 0.603. The molecule has 1 aromatic rings. The van der Waals surface area contributed by atoms with E-state index in [0.717, 1.165) is 25.3 Å². The maximum absolute atomic E-state index is 5.20. The van der Waals surface area contributed by atoms with Crippen molar-refractivity contribution < 1.29 is 0 Å². The third-order valence-corrected chi connectivity index (χ3v) is 3.86. The van der Waals surface area contributed by atoms with Gasteiger partial charge in [-0.25, -0.2) is 4.98 Å². The lowest BCUT2D eigenvalue weighted by Gasteiger charge is -2.22. The van der Waals surface area contributed by atoms with E-state index < -0.39 is 0 Å². The summed E-state index contributed by atoms with van der Waals surface area (Å²) in [6.45, 7) is 1.91. The van der Waals surface area contributed by atoms with Gasteiger partial charge in [0, 0.05) is 36.8 Å². The van der Waals surface area contributed by atoms with E-state index in [0.29, 0.717) is 10.8 Å². The molecule has 1 saturated carbocycles. The maximum Gasteiger partial charge on any atom is 0.198 e. The van der Waals surface area contributed by atoms with Crippen molar-refractivity contribution in [2.24, 2.45) is 0 Å². The van der Waals surface area contributed by atoms with Gasteiger partial charge in [-0.15, -0.1) is 0 Å².